The average molecular weight is 333 g/mol. The van der Waals surface area contributed by atoms with Gasteiger partial charge in [0.2, 0.25) is 0 Å². The maximum Gasteiger partial charge on any atom is 0.494 e. The van der Waals surface area contributed by atoms with Crippen LogP contribution in [0.5, 0.6) is 0 Å². The number of nitrogens with zero attached hydrogens (tertiary/aromatic N) is 1. The Morgan fingerprint density at radius 3 is 2.17 bits per heavy atom. The van der Waals surface area contributed by atoms with Crippen LogP contribution in [0.2, 0.25) is 0 Å². The SMILES string of the molecule is Cc1cc(B2OC(C)(C)C(C)(C)O2)cc(F)c1C(=O)N1CCCC1. The summed E-state index contributed by atoms with van der Waals surface area (Å²) in [7, 11) is -0.626. The van der Waals surface area contributed by atoms with Gasteiger partial charge in [0.05, 0.1) is 16.8 Å². The zero-order valence-electron chi connectivity index (χ0n) is 15.1. The second-order valence-corrected chi connectivity index (χ2v) is 7.78. The van der Waals surface area contributed by atoms with Gasteiger partial charge in [-0.05, 0) is 64.6 Å². The molecule has 0 radical (unpaired) electrons. The molecule has 24 heavy (non-hydrogen) atoms. The molecule has 2 heterocycles. The minimum atomic E-state index is -0.626. The highest BCUT2D eigenvalue weighted by atomic mass is 19.1. The highest BCUT2D eigenvalue weighted by Crippen LogP contribution is 2.36. The number of carbonyl (C=O) groups is 1. The van der Waals surface area contributed by atoms with E-state index in [1.54, 1.807) is 17.9 Å². The molecule has 1 amide bonds. The normalized spacial score (nSPS) is 22.2. The van der Waals surface area contributed by atoms with Crippen molar-refractivity contribution in [2.24, 2.45) is 0 Å². The Morgan fingerprint density at radius 1 is 1.12 bits per heavy atom. The van der Waals surface area contributed by atoms with Crippen LogP contribution in [0.15, 0.2) is 12.1 Å². The molecule has 1 aromatic carbocycles. The molecule has 0 bridgehead atoms. The quantitative estimate of drug-likeness (QED) is 0.781. The van der Waals surface area contributed by atoms with E-state index in [0.717, 1.165) is 12.8 Å². The Hall–Kier alpha value is -1.40. The summed E-state index contributed by atoms with van der Waals surface area (Å²) in [4.78, 5) is 14.3. The lowest BCUT2D eigenvalue weighted by Crippen LogP contribution is -2.41. The molecule has 0 aliphatic carbocycles. The zero-order chi connectivity index (χ0) is 17.7. The van der Waals surface area contributed by atoms with E-state index in [1.807, 2.05) is 27.7 Å². The first-order valence-electron chi connectivity index (χ1n) is 8.57. The molecule has 1 aromatic rings. The van der Waals surface area contributed by atoms with Crippen molar-refractivity contribution in [3.8, 4) is 0 Å². The predicted molar refractivity (Wildman–Crippen MR) is 92.0 cm³/mol. The first-order valence-corrected chi connectivity index (χ1v) is 8.57. The third-order valence-corrected chi connectivity index (χ3v) is 5.44. The highest BCUT2D eigenvalue weighted by molar-refractivity contribution is 6.62. The smallest absolute Gasteiger partial charge is 0.399 e. The molecule has 2 aliphatic heterocycles. The number of rotatable bonds is 2. The number of halogens is 1. The van der Waals surface area contributed by atoms with Gasteiger partial charge in [0, 0.05) is 13.1 Å². The van der Waals surface area contributed by atoms with Gasteiger partial charge < -0.3 is 14.2 Å². The van der Waals surface area contributed by atoms with Crippen molar-refractivity contribution in [1.82, 2.24) is 4.90 Å². The summed E-state index contributed by atoms with van der Waals surface area (Å²) >= 11 is 0. The maximum absolute atomic E-state index is 14.7. The van der Waals surface area contributed by atoms with E-state index in [2.05, 4.69) is 0 Å². The van der Waals surface area contributed by atoms with Crippen molar-refractivity contribution < 1.29 is 18.5 Å². The standard InChI is InChI=1S/C18H25BFNO3/c1-12-10-13(19-23-17(2,3)18(4,5)24-19)11-14(20)15(12)16(22)21-8-6-7-9-21/h10-11H,6-9H2,1-5H3. The van der Waals surface area contributed by atoms with E-state index in [1.165, 1.54) is 6.07 Å². The fraction of sp³-hybridized carbons (Fsp3) is 0.611. The summed E-state index contributed by atoms with van der Waals surface area (Å²) in [5.41, 5.74) is 0.438. The van der Waals surface area contributed by atoms with Crippen LogP contribution < -0.4 is 5.46 Å². The Labute approximate surface area is 143 Å². The van der Waals surface area contributed by atoms with Crippen molar-refractivity contribution in [1.29, 1.82) is 0 Å². The topological polar surface area (TPSA) is 38.8 Å². The average Bonchev–Trinajstić information content (AvgIpc) is 3.05. The number of likely N-dealkylation sites (tertiary alicyclic amines) is 1. The summed E-state index contributed by atoms with van der Waals surface area (Å²) in [5.74, 6) is -0.723. The molecule has 2 fully saturated rings. The van der Waals surface area contributed by atoms with E-state index in [9.17, 15) is 9.18 Å². The van der Waals surface area contributed by atoms with Gasteiger partial charge >= 0.3 is 7.12 Å². The minimum Gasteiger partial charge on any atom is -0.399 e. The van der Waals surface area contributed by atoms with E-state index in [-0.39, 0.29) is 11.5 Å². The summed E-state index contributed by atoms with van der Waals surface area (Å²) in [6.07, 6.45) is 1.97. The molecule has 0 unspecified atom stereocenters. The van der Waals surface area contributed by atoms with Crippen LogP contribution in [0.1, 0.15) is 56.5 Å². The van der Waals surface area contributed by atoms with Gasteiger partial charge in [0.15, 0.2) is 0 Å². The zero-order valence-corrected chi connectivity index (χ0v) is 15.1. The molecular weight excluding hydrogens is 308 g/mol. The highest BCUT2D eigenvalue weighted by Gasteiger charge is 2.52. The van der Waals surface area contributed by atoms with Crippen molar-refractivity contribution >= 4 is 18.5 Å². The Kier molecular flexibility index (Phi) is 4.25. The lowest BCUT2D eigenvalue weighted by Gasteiger charge is -2.32. The minimum absolute atomic E-state index is 0.164. The van der Waals surface area contributed by atoms with Gasteiger partial charge in [-0.1, -0.05) is 6.07 Å². The second-order valence-electron chi connectivity index (χ2n) is 7.78. The molecule has 0 atom stereocenters. The molecule has 6 heteroatoms. The van der Waals surface area contributed by atoms with Crippen LogP contribution in [0.25, 0.3) is 0 Å². The first-order chi connectivity index (χ1) is 11.1. The monoisotopic (exact) mass is 333 g/mol. The van der Waals surface area contributed by atoms with Gasteiger partial charge in [-0.2, -0.15) is 0 Å². The Balaban J connectivity index is 1.89. The number of hydrogen-bond donors (Lipinski definition) is 0. The van der Waals surface area contributed by atoms with Gasteiger partial charge in [-0.15, -0.1) is 0 Å². The number of hydrogen-bond acceptors (Lipinski definition) is 3. The number of carbonyl (C=O) groups excluding carboxylic acids is 1. The molecule has 0 N–H and O–H groups in total. The second kappa shape index (κ2) is 5.85. The number of benzene rings is 1. The molecule has 0 spiro atoms. The largest absolute Gasteiger partial charge is 0.494 e. The van der Waals surface area contributed by atoms with E-state index >= 15 is 0 Å². The molecule has 0 aromatic heterocycles. The van der Waals surface area contributed by atoms with E-state index in [4.69, 9.17) is 9.31 Å². The molecule has 2 saturated heterocycles. The lowest BCUT2D eigenvalue weighted by molar-refractivity contribution is 0.00578. The summed E-state index contributed by atoms with van der Waals surface area (Å²) < 4.78 is 26.6. The maximum atomic E-state index is 14.7. The summed E-state index contributed by atoms with van der Waals surface area (Å²) in [6, 6.07) is 3.17. The fourth-order valence-electron chi connectivity index (χ4n) is 3.24. The molecule has 4 nitrogen and oxygen atoms in total. The van der Waals surface area contributed by atoms with Crippen LogP contribution in [-0.4, -0.2) is 42.2 Å². The summed E-state index contributed by atoms with van der Waals surface area (Å²) in [6.45, 7) is 11.0. The van der Waals surface area contributed by atoms with E-state index in [0.29, 0.717) is 24.1 Å². The van der Waals surface area contributed by atoms with Gasteiger partial charge in [0.25, 0.3) is 5.91 Å². The third kappa shape index (κ3) is 2.86. The van der Waals surface area contributed by atoms with Crippen molar-refractivity contribution in [3.63, 3.8) is 0 Å². The van der Waals surface area contributed by atoms with Gasteiger partial charge in [-0.3, -0.25) is 4.79 Å². The van der Waals surface area contributed by atoms with Crippen molar-refractivity contribution in [2.75, 3.05) is 13.1 Å². The van der Waals surface area contributed by atoms with Crippen LogP contribution >= 0.6 is 0 Å². The molecule has 130 valence electrons. The number of amides is 1. The van der Waals surface area contributed by atoms with Gasteiger partial charge in [0.1, 0.15) is 5.82 Å². The fourth-order valence-corrected chi connectivity index (χ4v) is 3.24. The predicted octanol–water partition coefficient (Wildman–Crippen LogP) is 2.67. The number of aryl methyl sites for hydroxylation is 1. The van der Waals surface area contributed by atoms with E-state index < -0.39 is 24.1 Å². The Morgan fingerprint density at radius 2 is 1.67 bits per heavy atom. The molecule has 2 aliphatic rings. The third-order valence-electron chi connectivity index (χ3n) is 5.44. The van der Waals surface area contributed by atoms with Crippen LogP contribution in [0.4, 0.5) is 4.39 Å². The molecular formula is C18H25BFNO3. The van der Waals surface area contributed by atoms with Crippen LogP contribution in [0.3, 0.4) is 0 Å². The summed E-state index contributed by atoms with van der Waals surface area (Å²) in [5, 5.41) is 0. The van der Waals surface area contributed by atoms with Gasteiger partial charge in [-0.25, -0.2) is 4.39 Å². The Bertz CT molecular complexity index is 629. The van der Waals surface area contributed by atoms with Crippen molar-refractivity contribution in [3.05, 3.63) is 29.1 Å². The molecule has 3 rings (SSSR count). The lowest BCUT2D eigenvalue weighted by atomic mass is 9.77. The first kappa shape index (κ1) is 17.4. The molecule has 0 saturated carbocycles. The van der Waals surface area contributed by atoms with Crippen LogP contribution in [-0.2, 0) is 9.31 Å². The van der Waals surface area contributed by atoms with Crippen molar-refractivity contribution in [2.45, 2.75) is 58.7 Å². The van der Waals surface area contributed by atoms with Crippen LogP contribution in [0, 0.1) is 12.7 Å².